The van der Waals surface area contributed by atoms with Gasteiger partial charge in [0.05, 0.1) is 26.4 Å². The normalized spacial score (nSPS) is 14.1. The molecule has 0 aliphatic carbocycles. The van der Waals surface area contributed by atoms with Crippen molar-refractivity contribution in [3.8, 4) is 0 Å². The van der Waals surface area contributed by atoms with E-state index in [0.717, 1.165) is 108 Å². The van der Waals surface area contributed by atoms with Crippen molar-refractivity contribution in [1.29, 1.82) is 0 Å². The smallest absolute Gasteiger partial charge is 0.462 e. The summed E-state index contributed by atoms with van der Waals surface area (Å²) in [5, 5.41) is 10.6. The van der Waals surface area contributed by atoms with Crippen molar-refractivity contribution in [2.75, 3.05) is 39.6 Å². The lowest BCUT2D eigenvalue weighted by molar-refractivity contribution is -0.161. The van der Waals surface area contributed by atoms with Crippen LogP contribution in [-0.4, -0.2) is 96.7 Å². The van der Waals surface area contributed by atoms with E-state index in [1.165, 1.54) is 193 Å². The fraction of sp³-hybridized carbons (Fsp3) is 0.947. The van der Waals surface area contributed by atoms with Crippen LogP contribution in [-0.2, 0) is 65.4 Å². The number of aliphatic hydroxyl groups is 1. The van der Waals surface area contributed by atoms with E-state index < -0.39 is 97.5 Å². The summed E-state index contributed by atoms with van der Waals surface area (Å²) in [4.78, 5) is 72.7. The standard InChI is InChI=1S/C75H146O17P2/c1-8-9-10-11-12-13-20-27-35-42-49-56-72(77)85-63-71(92-75(80)59-52-45-38-31-30-34-41-48-55-68(6)7)65-90-94(83,84)88-61-69(76)60-87-93(81,82)89-64-70(62-86-73(78)57-50-43-36-28-24-23-26-33-40-47-54-67(4)5)91-74(79)58-51-44-37-29-22-19-17-15-14-16-18-21-25-32-39-46-53-66(2)3/h66-71,76H,8-65H2,1-7H3,(H,81,82)(H,83,84)/t69-,70-,71-/m1/s1. The second-order valence-electron chi connectivity index (χ2n) is 28.5. The molecule has 0 heterocycles. The Kier molecular flexibility index (Phi) is 64.3. The molecule has 0 amide bonds. The van der Waals surface area contributed by atoms with Crippen molar-refractivity contribution in [2.24, 2.45) is 17.8 Å². The van der Waals surface area contributed by atoms with Gasteiger partial charge in [-0.1, -0.05) is 331 Å². The second kappa shape index (κ2) is 65.7. The number of hydrogen-bond donors (Lipinski definition) is 3. The molecular formula is C75H146O17P2. The molecule has 0 aromatic rings. The van der Waals surface area contributed by atoms with Crippen LogP contribution in [0.1, 0.15) is 382 Å². The predicted octanol–water partition coefficient (Wildman–Crippen LogP) is 21.8. The highest BCUT2D eigenvalue weighted by Crippen LogP contribution is 2.45. The molecule has 19 heteroatoms. The van der Waals surface area contributed by atoms with Crippen LogP contribution in [0.5, 0.6) is 0 Å². The topological polar surface area (TPSA) is 237 Å². The maximum atomic E-state index is 13.1. The minimum absolute atomic E-state index is 0.105. The number of aliphatic hydroxyl groups excluding tert-OH is 1. The SMILES string of the molecule is CCCCCCCCCCCCCC(=O)OC[C@H](COP(=O)(O)OC[C@H](O)COP(=O)(O)OC[C@@H](COC(=O)CCCCCCCCCCCCC(C)C)OC(=O)CCCCCCCCCCCCCCCCCCC(C)C)OC(=O)CCCCCCCCCCC(C)C. The van der Waals surface area contributed by atoms with E-state index in [1.54, 1.807) is 0 Å². The van der Waals surface area contributed by atoms with Crippen LogP contribution < -0.4 is 0 Å². The summed E-state index contributed by atoms with van der Waals surface area (Å²) in [7, 11) is -9.91. The summed E-state index contributed by atoms with van der Waals surface area (Å²) in [5.74, 6) is 0.166. The van der Waals surface area contributed by atoms with E-state index in [-0.39, 0.29) is 25.7 Å². The third-order valence-corrected chi connectivity index (χ3v) is 19.3. The first-order valence-corrected chi connectivity index (χ1v) is 41.8. The number of rotatable bonds is 73. The Morgan fingerprint density at radius 3 is 0.723 bits per heavy atom. The number of esters is 4. The van der Waals surface area contributed by atoms with Crippen molar-refractivity contribution >= 4 is 39.5 Å². The van der Waals surface area contributed by atoms with Gasteiger partial charge in [-0.05, 0) is 43.4 Å². The number of ether oxygens (including phenoxy) is 4. The van der Waals surface area contributed by atoms with Crippen LogP contribution in [0.2, 0.25) is 0 Å². The molecule has 0 bridgehead atoms. The van der Waals surface area contributed by atoms with Gasteiger partial charge < -0.3 is 33.8 Å². The van der Waals surface area contributed by atoms with Gasteiger partial charge in [-0.15, -0.1) is 0 Å². The first kappa shape index (κ1) is 92.1. The fourth-order valence-electron chi connectivity index (χ4n) is 11.4. The third kappa shape index (κ3) is 68.6. The van der Waals surface area contributed by atoms with E-state index in [4.69, 9.17) is 37.0 Å². The van der Waals surface area contributed by atoms with E-state index in [9.17, 15) is 43.2 Å². The van der Waals surface area contributed by atoms with Crippen LogP contribution in [0.25, 0.3) is 0 Å². The monoisotopic (exact) mass is 1380 g/mol. The molecule has 0 saturated carbocycles. The number of phosphoric acid groups is 2. The third-order valence-electron chi connectivity index (χ3n) is 17.4. The van der Waals surface area contributed by atoms with Gasteiger partial charge in [0, 0.05) is 25.7 Å². The van der Waals surface area contributed by atoms with Gasteiger partial charge in [0.2, 0.25) is 0 Å². The van der Waals surface area contributed by atoms with Crippen LogP contribution >= 0.6 is 15.6 Å². The number of carbonyl (C=O) groups excluding carboxylic acids is 4. The van der Waals surface area contributed by atoms with Gasteiger partial charge in [0.25, 0.3) is 0 Å². The van der Waals surface area contributed by atoms with E-state index in [0.29, 0.717) is 25.7 Å². The van der Waals surface area contributed by atoms with Crippen molar-refractivity contribution in [1.82, 2.24) is 0 Å². The molecule has 94 heavy (non-hydrogen) atoms. The van der Waals surface area contributed by atoms with E-state index in [2.05, 4.69) is 48.5 Å². The summed E-state index contributed by atoms with van der Waals surface area (Å²) in [6.07, 6.45) is 51.3. The summed E-state index contributed by atoms with van der Waals surface area (Å²) >= 11 is 0. The average Bonchev–Trinajstić information content (AvgIpc) is 1.14. The lowest BCUT2D eigenvalue weighted by Gasteiger charge is -2.21. The van der Waals surface area contributed by atoms with E-state index >= 15 is 0 Å². The quantitative estimate of drug-likeness (QED) is 0.0222. The molecule has 558 valence electrons. The van der Waals surface area contributed by atoms with Crippen molar-refractivity contribution in [3.05, 3.63) is 0 Å². The van der Waals surface area contributed by atoms with Gasteiger partial charge in [-0.25, -0.2) is 9.13 Å². The highest BCUT2D eigenvalue weighted by Gasteiger charge is 2.30. The fourth-order valence-corrected chi connectivity index (χ4v) is 13.0. The van der Waals surface area contributed by atoms with Crippen LogP contribution in [0.4, 0.5) is 0 Å². The molecule has 0 aromatic heterocycles. The van der Waals surface area contributed by atoms with Gasteiger partial charge in [-0.3, -0.25) is 37.3 Å². The average molecular weight is 1380 g/mol. The van der Waals surface area contributed by atoms with Crippen molar-refractivity contribution < 1.29 is 80.2 Å². The molecule has 0 rings (SSSR count). The van der Waals surface area contributed by atoms with Gasteiger partial charge in [0.1, 0.15) is 19.3 Å². The highest BCUT2D eigenvalue weighted by atomic mass is 31.2. The first-order chi connectivity index (χ1) is 45.2. The molecule has 0 aromatic carbocycles. The summed E-state index contributed by atoms with van der Waals surface area (Å²) in [6.45, 7) is 11.9. The molecule has 0 radical (unpaired) electrons. The van der Waals surface area contributed by atoms with Gasteiger partial charge >= 0.3 is 39.5 Å². The van der Waals surface area contributed by atoms with Gasteiger partial charge in [0.15, 0.2) is 12.2 Å². The van der Waals surface area contributed by atoms with Crippen LogP contribution in [0, 0.1) is 17.8 Å². The number of unbranched alkanes of at least 4 members (excludes halogenated alkanes) is 41. The van der Waals surface area contributed by atoms with E-state index in [1.807, 2.05) is 0 Å². The first-order valence-electron chi connectivity index (χ1n) is 38.8. The Bertz CT molecular complexity index is 1840. The summed E-state index contributed by atoms with van der Waals surface area (Å²) < 4.78 is 68.5. The molecule has 0 aliphatic heterocycles. The Labute approximate surface area is 575 Å². The Balaban J connectivity index is 5.23. The summed E-state index contributed by atoms with van der Waals surface area (Å²) in [5.41, 5.74) is 0. The Hall–Kier alpha value is -1.94. The lowest BCUT2D eigenvalue weighted by atomic mass is 10.0. The minimum atomic E-state index is -4.96. The number of phosphoric ester groups is 2. The highest BCUT2D eigenvalue weighted by molar-refractivity contribution is 7.47. The molecule has 0 spiro atoms. The zero-order valence-electron chi connectivity index (χ0n) is 61.4. The molecule has 2 unspecified atom stereocenters. The molecule has 0 fully saturated rings. The Morgan fingerprint density at radius 2 is 0.489 bits per heavy atom. The number of carbonyl (C=O) groups is 4. The molecule has 0 saturated heterocycles. The largest absolute Gasteiger partial charge is 0.472 e. The molecule has 5 atom stereocenters. The molecule has 3 N–H and O–H groups in total. The molecule has 17 nitrogen and oxygen atoms in total. The van der Waals surface area contributed by atoms with Crippen molar-refractivity contribution in [3.63, 3.8) is 0 Å². The maximum absolute atomic E-state index is 13.1. The minimum Gasteiger partial charge on any atom is -0.462 e. The van der Waals surface area contributed by atoms with Gasteiger partial charge in [-0.2, -0.15) is 0 Å². The summed E-state index contributed by atoms with van der Waals surface area (Å²) in [6, 6.07) is 0. The second-order valence-corrected chi connectivity index (χ2v) is 31.4. The zero-order valence-corrected chi connectivity index (χ0v) is 63.2. The molecular weight excluding hydrogens is 1230 g/mol. The van der Waals surface area contributed by atoms with Crippen LogP contribution in [0.3, 0.4) is 0 Å². The zero-order chi connectivity index (χ0) is 69.4. The maximum Gasteiger partial charge on any atom is 0.472 e. The lowest BCUT2D eigenvalue weighted by Crippen LogP contribution is -2.30. The predicted molar refractivity (Wildman–Crippen MR) is 381 cm³/mol. The van der Waals surface area contributed by atoms with Crippen molar-refractivity contribution in [2.45, 2.75) is 401 Å². The van der Waals surface area contributed by atoms with Crippen LogP contribution in [0.15, 0.2) is 0 Å². The molecule has 0 aliphatic rings. The number of hydrogen-bond acceptors (Lipinski definition) is 15. The Morgan fingerprint density at radius 1 is 0.287 bits per heavy atom.